The summed E-state index contributed by atoms with van der Waals surface area (Å²) in [4.78, 5) is 4.65. The van der Waals surface area contributed by atoms with E-state index in [-0.39, 0.29) is 0 Å². The third-order valence-electron chi connectivity index (χ3n) is 2.83. The van der Waals surface area contributed by atoms with Crippen molar-refractivity contribution in [3.05, 3.63) is 40.4 Å². The molecule has 2 nitrogen and oxygen atoms in total. The molecule has 1 aliphatic rings. The minimum Gasteiger partial charge on any atom is -0.244 e. The minimum absolute atomic E-state index is 0.712. The highest BCUT2D eigenvalue weighted by atomic mass is 32.2. The lowest BCUT2D eigenvalue weighted by Gasteiger charge is -2.05. The van der Waals surface area contributed by atoms with E-state index in [1.165, 1.54) is 21.9 Å². The van der Waals surface area contributed by atoms with Crippen molar-refractivity contribution in [1.29, 1.82) is 5.26 Å². The van der Waals surface area contributed by atoms with Crippen LogP contribution in [0, 0.1) is 11.3 Å². The van der Waals surface area contributed by atoms with E-state index in [1.807, 2.05) is 17.5 Å². The summed E-state index contributed by atoms with van der Waals surface area (Å²) in [5.74, 6) is 0. The number of rotatable bonds is 2. The van der Waals surface area contributed by atoms with Crippen LogP contribution in [0.2, 0.25) is 0 Å². The summed E-state index contributed by atoms with van der Waals surface area (Å²) in [7, 11) is 0. The van der Waals surface area contributed by atoms with E-state index in [4.69, 9.17) is 0 Å². The van der Waals surface area contributed by atoms with Gasteiger partial charge in [0.15, 0.2) is 0 Å². The molecule has 0 amide bonds. The second-order valence-corrected chi connectivity index (χ2v) is 6.18. The summed E-state index contributed by atoms with van der Waals surface area (Å²) >= 11 is 3.28. The highest BCUT2D eigenvalue weighted by molar-refractivity contribution is 8.01. The molecule has 2 aromatic heterocycles. The standard InChI is InChI=1S/C13H10N2S2/c14-8-10-7-9-3-1-4-11(9)15-13(10)17-12-5-2-6-16-12/h2,5-7H,1,3-4H2. The topological polar surface area (TPSA) is 36.7 Å². The minimum atomic E-state index is 0.712. The first-order chi connectivity index (χ1) is 8.36. The van der Waals surface area contributed by atoms with E-state index in [1.54, 1.807) is 23.1 Å². The molecule has 17 heavy (non-hydrogen) atoms. The molecule has 0 N–H and O–H groups in total. The van der Waals surface area contributed by atoms with Gasteiger partial charge in [-0.1, -0.05) is 17.8 Å². The molecule has 0 bridgehead atoms. The molecule has 0 radical (unpaired) electrons. The molecule has 0 saturated heterocycles. The molecule has 1 aliphatic carbocycles. The van der Waals surface area contributed by atoms with Crippen LogP contribution >= 0.6 is 23.1 Å². The molecule has 0 unspecified atom stereocenters. The zero-order valence-corrected chi connectivity index (χ0v) is 10.8. The van der Waals surface area contributed by atoms with Gasteiger partial charge in [0, 0.05) is 5.69 Å². The highest BCUT2D eigenvalue weighted by Crippen LogP contribution is 2.34. The highest BCUT2D eigenvalue weighted by Gasteiger charge is 2.17. The normalized spacial score (nSPS) is 13.4. The smallest absolute Gasteiger partial charge is 0.120 e. The Hall–Kier alpha value is -1.31. The van der Waals surface area contributed by atoms with E-state index >= 15 is 0 Å². The first-order valence-corrected chi connectivity index (χ1v) is 7.20. The Labute approximate surface area is 108 Å². The van der Waals surface area contributed by atoms with Crippen molar-refractivity contribution in [3.63, 3.8) is 0 Å². The second kappa shape index (κ2) is 4.52. The Kier molecular flexibility index (Phi) is 2.87. The van der Waals surface area contributed by atoms with Crippen molar-refractivity contribution in [2.24, 2.45) is 0 Å². The molecule has 0 aromatic carbocycles. The number of hydrogen-bond acceptors (Lipinski definition) is 4. The molecule has 0 atom stereocenters. The zero-order chi connectivity index (χ0) is 11.7. The SMILES string of the molecule is N#Cc1cc2c(nc1Sc1cccs1)CCC2. The maximum atomic E-state index is 9.18. The lowest BCUT2D eigenvalue weighted by Crippen LogP contribution is -1.94. The number of aryl methyl sites for hydroxylation is 2. The van der Waals surface area contributed by atoms with Crippen molar-refractivity contribution in [2.75, 3.05) is 0 Å². The number of thiophene rings is 1. The molecule has 0 spiro atoms. The summed E-state index contributed by atoms with van der Waals surface area (Å²) in [6.07, 6.45) is 3.29. The molecule has 0 fully saturated rings. The van der Waals surface area contributed by atoms with Crippen LogP contribution in [-0.2, 0) is 12.8 Å². The largest absolute Gasteiger partial charge is 0.244 e. The Balaban J connectivity index is 2.01. The molecular formula is C13H10N2S2. The Bertz CT molecular complexity index is 582. The average molecular weight is 258 g/mol. The van der Waals surface area contributed by atoms with Crippen molar-refractivity contribution < 1.29 is 0 Å². The van der Waals surface area contributed by atoms with Gasteiger partial charge in [-0.25, -0.2) is 4.98 Å². The van der Waals surface area contributed by atoms with Gasteiger partial charge in [-0.3, -0.25) is 0 Å². The summed E-state index contributed by atoms with van der Waals surface area (Å²) < 4.78 is 1.19. The third kappa shape index (κ3) is 2.08. The third-order valence-corrected chi connectivity index (χ3v) is 4.87. The van der Waals surface area contributed by atoms with Gasteiger partial charge in [0.1, 0.15) is 11.1 Å². The van der Waals surface area contributed by atoms with Gasteiger partial charge in [0.05, 0.1) is 9.77 Å². The van der Waals surface area contributed by atoms with Crippen molar-refractivity contribution in [1.82, 2.24) is 4.98 Å². The van der Waals surface area contributed by atoms with Gasteiger partial charge in [-0.15, -0.1) is 11.3 Å². The van der Waals surface area contributed by atoms with Crippen LogP contribution in [0.1, 0.15) is 23.2 Å². The monoisotopic (exact) mass is 258 g/mol. The Morgan fingerprint density at radius 1 is 1.41 bits per heavy atom. The van der Waals surface area contributed by atoms with Crippen LogP contribution in [0.5, 0.6) is 0 Å². The fourth-order valence-electron chi connectivity index (χ4n) is 2.03. The molecule has 2 heterocycles. The van der Waals surface area contributed by atoms with Gasteiger partial charge in [0.2, 0.25) is 0 Å². The van der Waals surface area contributed by atoms with E-state index in [0.29, 0.717) is 5.56 Å². The van der Waals surface area contributed by atoms with Gasteiger partial charge in [-0.2, -0.15) is 5.26 Å². The number of nitriles is 1. The first kappa shape index (κ1) is 10.8. The summed E-state index contributed by atoms with van der Waals surface area (Å²) in [5, 5.41) is 12.1. The van der Waals surface area contributed by atoms with Crippen LogP contribution in [-0.4, -0.2) is 4.98 Å². The number of pyridine rings is 1. The van der Waals surface area contributed by atoms with Crippen LogP contribution < -0.4 is 0 Å². The summed E-state index contributed by atoms with van der Waals surface area (Å²) in [5.41, 5.74) is 3.16. The van der Waals surface area contributed by atoms with Crippen LogP contribution in [0.4, 0.5) is 0 Å². The number of fused-ring (bicyclic) bond motifs is 1. The number of hydrogen-bond donors (Lipinski definition) is 0. The van der Waals surface area contributed by atoms with E-state index in [9.17, 15) is 5.26 Å². The fourth-order valence-corrected chi connectivity index (χ4v) is 3.78. The maximum Gasteiger partial charge on any atom is 0.120 e. The Morgan fingerprint density at radius 2 is 2.35 bits per heavy atom. The van der Waals surface area contributed by atoms with E-state index in [2.05, 4.69) is 17.1 Å². The molecule has 2 aromatic rings. The van der Waals surface area contributed by atoms with E-state index < -0.39 is 0 Å². The van der Waals surface area contributed by atoms with Crippen molar-refractivity contribution in [2.45, 2.75) is 28.5 Å². The molecule has 0 saturated carbocycles. The molecular weight excluding hydrogens is 248 g/mol. The zero-order valence-electron chi connectivity index (χ0n) is 9.14. The predicted octanol–water partition coefficient (Wildman–Crippen LogP) is 3.65. The quantitative estimate of drug-likeness (QED) is 0.825. The van der Waals surface area contributed by atoms with Gasteiger partial charge in [-0.05, 0) is 42.3 Å². The Morgan fingerprint density at radius 3 is 3.12 bits per heavy atom. The fraction of sp³-hybridized carbons (Fsp3) is 0.231. The van der Waals surface area contributed by atoms with Crippen molar-refractivity contribution in [3.8, 4) is 6.07 Å². The van der Waals surface area contributed by atoms with Gasteiger partial charge < -0.3 is 0 Å². The summed E-state index contributed by atoms with van der Waals surface area (Å²) in [6.45, 7) is 0. The second-order valence-electron chi connectivity index (χ2n) is 3.95. The lowest BCUT2D eigenvalue weighted by molar-refractivity contribution is 0.891. The molecule has 3 rings (SSSR count). The maximum absolute atomic E-state index is 9.18. The predicted molar refractivity (Wildman–Crippen MR) is 69.4 cm³/mol. The average Bonchev–Trinajstić information content (AvgIpc) is 2.98. The number of aromatic nitrogens is 1. The van der Waals surface area contributed by atoms with Gasteiger partial charge >= 0.3 is 0 Å². The van der Waals surface area contributed by atoms with Gasteiger partial charge in [0.25, 0.3) is 0 Å². The van der Waals surface area contributed by atoms with Crippen LogP contribution in [0.25, 0.3) is 0 Å². The van der Waals surface area contributed by atoms with Crippen LogP contribution in [0.3, 0.4) is 0 Å². The lowest BCUT2D eigenvalue weighted by atomic mass is 10.2. The molecule has 84 valence electrons. The van der Waals surface area contributed by atoms with Crippen molar-refractivity contribution >= 4 is 23.1 Å². The van der Waals surface area contributed by atoms with E-state index in [0.717, 1.165) is 17.9 Å². The van der Waals surface area contributed by atoms with Crippen LogP contribution in [0.15, 0.2) is 32.8 Å². The molecule has 0 aliphatic heterocycles. The summed E-state index contributed by atoms with van der Waals surface area (Å²) in [6, 6.07) is 8.36. The molecule has 4 heteroatoms. The first-order valence-electron chi connectivity index (χ1n) is 5.51. The number of nitrogens with zero attached hydrogens (tertiary/aromatic N) is 2.